The number of likely N-dealkylation sites (tertiary alicyclic amines) is 1. The van der Waals surface area contributed by atoms with E-state index >= 15 is 0 Å². The Morgan fingerprint density at radius 3 is 2.89 bits per heavy atom. The molecule has 1 fully saturated rings. The number of carboxylic acid groups (broad SMARTS) is 1. The van der Waals surface area contributed by atoms with Gasteiger partial charge < -0.3 is 10.0 Å². The van der Waals surface area contributed by atoms with Crippen LogP contribution in [-0.4, -0.2) is 34.5 Å². The highest BCUT2D eigenvalue weighted by Crippen LogP contribution is 2.25. The Hall–Kier alpha value is -1.36. The molecule has 1 aromatic heterocycles. The minimum atomic E-state index is -0.790. The summed E-state index contributed by atoms with van der Waals surface area (Å²) in [6, 6.07) is 3.92. The number of aryl methyl sites for hydroxylation is 1. The van der Waals surface area contributed by atoms with Gasteiger partial charge in [-0.1, -0.05) is 6.07 Å². The molecule has 4 nitrogen and oxygen atoms in total. The van der Waals surface area contributed by atoms with Crippen LogP contribution in [0.15, 0.2) is 17.5 Å². The first-order valence-electron chi connectivity index (χ1n) is 6.64. The van der Waals surface area contributed by atoms with Crippen LogP contribution in [0.5, 0.6) is 0 Å². The topological polar surface area (TPSA) is 57.6 Å². The van der Waals surface area contributed by atoms with E-state index < -0.39 is 11.9 Å². The number of thiophene rings is 1. The first-order valence-corrected chi connectivity index (χ1v) is 7.52. The van der Waals surface area contributed by atoms with Crippen molar-refractivity contribution in [3.05, 3.63) is 22.4 Å². The molecule has 1 N–H and O–H groups in total. The predicted molar refractivity (Wildman–Crippen MR) is 74.2 cm³/mol. The molecule has 0 bridgehead atoms. The maximum Gasteiger partial charge on any atom is 0.308 e. The monoisotopic (exact) mass is 281 g/mol. The van der Waals surface area contributed by atoms with E-state index in [0.29, 0.717) is 19.4 Å². The smallest absolute Gasteiger partial charge is 0.308 e. The molecule has 2 heterocycles. The zero-order valence-electron chi connectivity index (χ0n) is 11.0. The van der Waals surface area contributed by atoms with Gasteiger partial charge in [-0.3, -0.25) is 9.59 Å². The number of nitrogens with zero attached hydrogens (tertiary/aromatic N) is 1. The molecule has 0 saturated carbocycles. The van der Waals surface area contributed by atoms with Gasteiger partial charge in [0.2, 0.25) is 5.91 Å². The minimum Gasteiger partial charge on any atom is -0.481 e. The summed E-state index contributed by atoms with van der Waals surface area (Å²) >= 11 is 1.71. The second-order valence-corrected chi connectivity index (χ2v) is 6.03. The molecule has 0 spiro atoms. The van der Waals surface area contributed by atoms with Crippen molar-refractivity contribution in [2.75, 3.05) is 6.54 Å². The van der Waals surface area contributed by atoms with E-state index in [2.05, 4.69) is 6.07 Å². The predicted octanol–water partition coefficient (Wildman–Crippen LogP) is 2.39. The fraction of sp³-hybridized carbons (Fsp3) is 0.571. The third kappa shape index (κ3) is 3.35. The summed E-state index contributed by atoms with van der Waals surface area (Å²) < 4.78 is 0. The van der Waals surface area contributed by atoms with Gasteiger partial charge in [-0.2, -0.15) is 0 Å². The number of hydrogen-bond donors (Lipinski definition) is 1. The van der Waals surface area contributed by atoms with E-state index in [1.807, 2.05) is 18.4 Å². The zero-order chi connectivity index (χ0) is 13.8. The molecule has 104 valence electrons. The number of aliphatic carboxylic acids is 1. The molecule has 5 heteroatoms. The van der Waals surface area contributed by atoms with E-state index in [1.165, 1.54) is 4.88 Å². The lowest BCUT2D eigenvalue weighted by Crippen LogP contribution is -2.37. The Kier molecular flexibility index (Phi) is 4.58. The second-order valence-electron chi connectivity index (χ2n) is 4.99. The Balaban J connectivity index is 1.79. The number of rotatable bonds is 5. The quantitative estimate of drug-likeness (QED) is 0.901. The Morgan fingerprint density at radius 1 is 1.53 bits per heavy atom. The first-order chi connectivity index (χ1) is 9.09. The fourth-order valence-corrected chi connectivity index (χ4v) is 3.39. The number of carboxylic acids is 1. The normalized spacial score (nSPS) is 22.7. The minimum absolute atomic E-state index is 0.0906. The molecule has 1 aliphatic rings. The average Bonchev–Trinajstić information content (AvgIpc) is 2.98. The molecule has 1 amide bonds. The molecule has 0 aliphatic carbocycles. The highest BCUT2D eigenvalue weighted by molar-refractivity contribution is 7.09. The molecular weight excluding hydrogens is 262 g/mol. The average molecular weight is 281 g/mol. The molecule has 0 aromatic carbocycles. The number of carbonyl (C=O) groups excluding carboxylic acids is 1. The largest absolute Gasteiger partial charge is 0.481 e. The molecule has 2 unspecified atom stereocenters. The van der Waals surface area contributed by atoms with Crippen LogP contribution in [-0.2, 0) is 16.0 Å². The van der Waals surface area contributed by atoms with E-state index in [0.717, 1.165) is 12.8 Å². The Labute approximate surface area is 117 Å². The van der Waals surface area contributed by atoms with Crippen LogP contribution in [0, 0.1) is 5.92 Å². The van der Waals surface area contributed by atoms with Gasteiger partial charge in [0.15, 0.2) is 0 Å². The highest BCUT2D eigenvalue weighted by Gasteiger charge is 2.37. The lowest BCUT2D eigenvalue weighted by atomic mass is 10.0. The standard InChI is InChI=1S/C14H19NO3S/c1-10-12(14(17)18)7-8-15(10)13(16)6-2-4-11-5-3-9-19-11/h3,5,9-10,12H,2,4,6-8H2,1H3,(H,17,18). The van der Waals surface area contributed by atoms with Gasteiger partial charge in [-0.25, -0.2) is 0 Å². The Morgan fingerprint density at radius 2 is 2.32 bits per heavy atom. The van der Waals surface area contributed by atoms with E-state index in [4.69, 9.17) is 5.11 Å². The molecule has 1 saturated heterocycles. The van der Waals surface area contributed by atoms with Crippen LogP contribution in [0.2, 0.25) is 0 Å². The lowest BCUT2D eigenvalue weighted by Gasteiger charge is -2.23. The van der Waals surface area contributed by atoms with Crippen molar-refractivity contribution in [1.82, 2.24) is 4.90 Å². The third-order valence-corrected chi connectivity index (χ3v) is 4.72. The number of hydrogen-bond acceptors (Lipinski definition) is 3. The van der Waals surface area contributed by atoms with Crippen molar-refractivity contribution in [3.63, 3.8) is 0 Å². The van der Waals surface area contributed by atoms with Crippen molar-refractivity contribution in [2.24, 2.45) is 5.92 Å². The van der Waals surface area contributed by atoms with E-state index in [1.54, 1.807) is 16.2 Å². The van der Waals surface area contributed by atoms with Gasteiger partial charge in [0.25, 0.3) is 0 Å². The molecular formula is C14H19NO3S. The van der Waals surface area contributed by atoms with Crippen LogP contribution in [0.3, 0.4) is 0 Å². The van der Waals surface area contributed by atoms with Gasteiger partial charge >= 0.3 is 5.97 Å². The van der Waals surface area contributed by atoms with Crippen molar-refractivity contribution in [1.29, 1.82) is 0 Å². The summed E-state index contributed by atoms with van der Waals surface area (Å²) in [6.07, 6.45) is 2.84. The van der Waals surface area contributed by atoms with Gasteiger partial charge in [-0.05, 0) is 37.6 Å². The van der Waals surface area contributed by atoms with Crippen molar-refractivity contribution in [2.45, 2.75) is 38.6 Å². The third-order valence-electron chi connectivity index (χ3n) is 3.79. The fourth-order valence-electron chi connectivity index (χ4n) is 2.63. The Bertz CT molecular complexity index is 444. The maximum atomic E-state index is 12.1. The van der Waals surface area contributed by atoms with Crippen LogP contribution in [0.25, 0.3) is 0 Å². The molecule has 0 radical (unpaired) electrons. The van der Waals surface area contributed by atoms with Crippen LogP contribution >= 0.6 is 11.3 Å². The first kappa shape index (κ1) is 14.1. The van der Waals surface area contributed by atoms with E-state index in [9.17, 15) is 9.59 Å². The molecule has 1 aliphatic heterocycles. The van der Waals surface area contributed by atoms with Crippen molar-refractivity contribution in [3.8, 4) is 0 Å². The number of carbonyl (C=O) groups is 2. The van der Waals surface area contributed by atoms with Gasteiger partial charge in [0.1, 0.15) is 0 Å². The molecule has 1 aromatic rings. The maximum absolute atomic E-state index is 12.1. The van der Waals surface area contributed by atoms with Crippen LogP contribution < -0.4 is 0 Å². The molecule has 19 heavy (non-hydrogen) atoms. The molecule has 2 rings (SSSR count). The van der Waals surface area contributed by atoms with Gasteiger partial charge in [-0.15, -0.1) is 11.3 Å². The van der Waals surface area contributed by atoms with Gasteiger partial charge in [0, 0.05) is 23.9 Å². The highest BCUT2D eigenvalue weighted by atomic mass is 32.1. The summed E-state index contributed by atoms with van der Waals surface area (Å²) in [6.45, 7) is 2.42. The van der Waals surface area contributed by atoms with E-state index in [-0.39, 0.29) is 11.9 Å². The van der Waals surface area contributed by atoms with Crippen LogP contribution in [0.1, 0.15) is 31.1 Å². The lowest BCUT2D eigenvalue weighted by molar-refractivity contribution is -0.143. The summed E-state index contributed by atoms with van der Waals surface area (Å²) in [7, 11) is 0. The van der Waals surface area contributed by atoms with Gasteiger partial charge in [0.05, 0.1) is 5.92 Å². The second kappa shape index (κ2) is 6.19. The van der Waals surface area contributed by atoms with Crippen molar-refractivity contribution < 1.29 is 14.7 Å². The number of amides is 1. The summed E-state index contributed by atoms with van der Waals surface area (Å²) in [5.41, 5.74) is 0. The summed E-state index contributed by atoms with van der Waals surface area (Å²) in [5.74, 6) is -1.10. The summed E-state index contributed by atoms with van der Waals surface area (Å²) in [5, 5.41) is 11.1. The van der Waals surface area contributed by atoms with Crippen LogP contribution in [0.4, 0.5) is 0 Å². The summed E-state index contributed by atoms with van der Waals surface area (Å²) in [4.78, 5) is 26.1. The van der Waals surface area contributed by atoms with Crippen molar-refractivity contribution >= 4 is 23.2 Å². The zero-order valence-corrected chi connectivity index (χ0v) is 11.9. The SMILES string of the molecule is CC1C(C(=O)O)CCN1C(=O)CCCc1cccs1. The molecule has 2 atom stereocenters.